The monoisotopic (exact) mass is 253 g/mol. The van der Waals surface area contributed by atoms with E-state index >= 15 is 0 Å². The van der Waals surface area contributed by atoms with Crippen molar-refractivity contribution in [3.05, 3.63) is 12.0 Å². The highest BCUT2D eigenvalue weighted by molar-refractivity contribution is 5.80. The van der Waals surface area contributed by atoms with Crippen LogP contribution in [-0.4, -0.2) is 36.0 Å². The maximum atomic E-state index is 13.3. The SMILES string of the molecule is CNc1ncc(F)c(NCCNC(=O)C2CC2)n1. The molecule has 98 valence electrons. The van der Waals surface area contributed by atoms with Gasteiger partial charge in [-0.25, -0.2) is 9.37 Å². The van der Waals surface area contributed by atoms with Crippen molar-refractivity contribution in [2.45, 2.75) is 12.8 Å². The number of rotatable bonds is 6. The van der Waals surface area contributed by atoms with E-state index in [-0.39, 0.29) is 17.6 Å². The summed E-state index contributed by atoms with van der Waals surface area (Å²) in [5.74, 6) is 0.242. The van der Waals surface area contributed by atoms with Crippen molar-refractivity contribution in [1.82, 2.24) is 15.3 Å². The number of halogens is 1. The molecule has 0 aromatic carbocycles. The summed E-state index contributed by atoms with van der Waals surface area (Å²) in [4.78, 5) is 19.0. The van der Waals surface area contributed by atoms with Crippen LogP contribution in [0.5, 0.6) is 0 Å². The topological polar surface area (TPSA) is 78.9 Å². The van der Waals surface area contributed by atoms with Crippen LogP contribution in [-0.2, 0) is 4.79 Å². The van der Waals surface area contributed by atoms with Gasteiger partial charge in [0.15, 0.2) is 11.6 Å². The third kappa shape index (κ3) is 3.28. The molecule has 1 saturated carbocycles. The minimum atomic E-state index is -0.512. The molecule has 0 unspecified atom stereocenters. The lowest BCUT2D eigenvalue weighted by Crippen LogP contribution is -2.30. The van der Waals surface area contributed by atoms with Gasteiger partial charge in [-0.3, -0.25) is 4.79 Å². The summed E-state index contributed by atoms with van der Waals surface area (Å²) in [6.45, 7) is 0.878. The average Bonchev–Trinajstić information content (AvgIpc) is 3.20. The Balaban J connectivity index is 1.76. The van der Waals surface area contributed by atoms with Crippen LogP contribution in [0.4, 0.5) is 16.2 Å². The quantitative estimate of drug-likeness (QED) is 0.647. The van der Waals surface area contributed by atoms with Gasteiger partial charge in [0.25, 0.3) is 0 Å². The third-order valence-electron chi connectivity index (χ3n) is 2.63. The van der Waals surface area contributed by atoms with Crippen molar-refractivity contribution in [2.75, 3.05) is 30.8 Å². The lowest BCUT2D eigenvalue weighted by atomic mass is 10.4. The Hall–Kier alpha value is -1.92. The van der Waals surface area contributed by atoms with Gasteiger partial charge in [-0.2, -0.15) is 4.98 Å². The Kier molecular flexibility index (Phi) is 3.91. The predicted octanol–water partition coefficient (Wildman–Crippen LogP) is 0.595. The zero-order valence-corrected chi connectivity index (χ0v) is 10.2. The number of aromatic nitrogens is 2. The summed E-state index contributed by atoms with van der Waals surface area (Å²) in [5, 5.41) is 8.33. The minimum Gasteiger partial charge on any atom is -0.366 e. The van der Waals surface area contributed by atoms with Crippen LogP contribution in [0.2, 0.25) is 0 Å². The number of nitrogens with zero attached hydrogens (tertiary/aromatic N) is 2. The van der Waals surface area contributed by atoms with Crippen molar-refractivity contribution in [1.29, 1.82) is 0 Å². The van der Waals surface area contributed by atoms with Crippen molar-refractivity contribution in [3.63, 3.8) is 0 Å². The molecule has 1 fully saturated rings. The van der Waals surface area contributed by atoms with Gasteiger partial charge in [-0.05, 0) is 12.8 Å². The molecule has 1 aliphatic carbocycles. The molecule has 2 rings (SSSR count). The number of amides is 1. The second-order valence-corrected chi connectivity index (χ2v) is 4.13. The molecule has 0 radical (unpaired) electrons. The summed E-state index contributed by atoms with van der Waals surface area (Å²) in [6.07, 6.45) is 3.06. The highest BCUT2D eigenvalue weighted by Gasteiger charge is 2.28. The van der Waals surface area contributed by atoms with E-state index in [1.807, 2.05) is 0 Å². The van der Waals surface area contributed by atoms with Crippen LogP contribution in [0.3, 0.4) is 0 Å². The normalized spacial score (nSPS) is 14.1. The first-order chi connectivity index (χ1) is 8.70. The molecule has 7 heteroatoms. The van der Waals surface area contributed by atoms with E-state index in [0.717, 1.165) is 19.0 Å². The van der Waals surface area contributed by atoms with Gasteiger partial charge in [-0.15, -0.1) is 0 Å². The fraction of sp³-hybridized carbons (Fsp3) is 0.545. The van der Waals surface area contributed by atoms with Gasteiger partial charge in [0.1, 0.15) is 0 Å². The Morgan fingerprint density at radius 3 is 2.94 bits per heavy atom. The summed E-state index contributed by atoms with van der Waals surface area (Å²) in [5.41, 5.74) is 0. The molecule has 1 amide bonds. The highest BCUT2D eigenvalue weighted by atomic mass is 19.1. The van der Waals surface area contributed by atoms with Crippen LogP contribution < -0.4 is 16.0 Å². The van der Waals surface area contributed by atoms with E-state index in [9.17, 15) is 9.18 Å². The lowest BCUT2D eigenvalue weighted by molar-refractivity contribution is -0.122. The molecular formula is C11H16FN5O. The van der Waals surface area contributed by atoms with E-state index in [0.29, 0.717) is 19.0 Å². The Morgan fingerprint density at radius 1 is 1.50 bits per heavy atom. The fourth-order valence-electron chi connectivity index (χ4n) is 1.47. The Morgan fingerprint density at radius 2 is 2.28 bits per heavy atom. The van der Waals surface area contributed by atoms with Crippen molar-refractivity contribution in [3.8, 4) is 0 Å². The molecule has 0 atom stereocenters. The summed E-state index contributed by atoms with van der Waals surface area (Å²) in [6, 6.07) is 0. The molecule has 18 heavy (non-hydrogen) atoms. The van der Waals surface area contributed by atoms with Crippen LogP contribution in [0, 0.1) is 11.7 Å². The molecule has 1 aromatic heterocycles. The van der Waals surface area contributed by atoms with Gasteiger partial charge >= 0.3 is 0 Å². The first-order valence-electron chi connectivity index (χ1n) is 5.92. The highest BCUT2D eigenvalue weighted by Crippen LogP contribution is 2.28. The van der Waals surface area contributed by atoms with E-state index in [1.165, 1.54) is 0 Å². The van der Waals surface area contributed by atoms with Crippen LogP contribution in [0.25, 0.3) is 0 Å². The molecule has 1 aromatic rings. The van der Waals surface area contributed by atoms with Crippen molar-refractivity contribution < 1.29 is 9.18 Å². The fourth-order valence-corrected chi connectivity index (χ4v) is 1.47. The van der Waals surface area contributed by atoms with Gasteiger partial charge in [0.2, 0.25) is 11.9 Å². The van der Waals surface area contributed by atoms with Crippen LogP contribution >= 0.6 is 0 Å². The largest absolute Gasteiger partial charge is 0.366 e. The second-order valence-electron chi connectivity index (χ2n) is 4.13. The molecule has 0 spiro atoms. The zero-order valence-electron chi connectivity index (χ0n) is 10.2. The standard InChI is InChI=1S/C11H16FN5O/c1-13-11-16-6-8(12)9(17-11)14-4-5-15-10(18)7-2-3-7/h6-7H,2-5H2,1H3,(H,15,18)(H2,13,14,16,17). The molecule has 0 saturated heterocycles. The van der Waals surface area contributed by atoms with E-state index < -0.39 is 5.82 Å². The van der Waals surface area contributed by atoms with Gasteiger partial charge in [0.05, 0.1) is 6.20 Å². The van der Waals surface area contributed by atoms with Gasteiger partial charge < -0.3 is 16.0 Å². The number of anilines is 2. The van der Waals surface area contributed by atoms with Crippen molar-refractivity contribution >= 4 is 17.7 Å². The summed E-state index contributed by atoms with van der Waals surface area (Å²) < 4.78 is 13.3. The average molecular weight is 253 g/mol. The van der Waals surface area contributed by atoms with Crippen LogP contribution in [0.1, 0.15) is 12.8 Å². The molecule has 3 N–H and O–H groups in total. The molecule has 1 aliphatic rings. The predicted molar refractivity (Wildman–Crippen MR) is 65.8 cm³/mol. The third-order valence-corrected chi connectivity index (χ3v) is 2.63. The lowest BCUT2D eigenvalue weighted by Gasteiger charge is -2.08. The Bertz CT molecular complexity index is 435. The minimum absolute atomic E-state index is 0.0795. The number of carbonyl (C=O) groups is 1. The zero-order chi connectivity index (χ0) is 13.0. The van der Waals surface area contributed by atoms with Gasteiger partial charge in [-0.1, -0.05) is 0 Å². The smallest absolute Gasteiger partial charge is 0.224 e. The molecule has 1 heterocycles. The first-order valence-corrected chi connectivity index (χ1v) is 5.92. The van der Waals surface area contributed by atoms with Crippen LogP contribution in [0.15, 0.2) is 6.20 Å². The number of nitrogens with one attached hydrogen (secondary N) is 3. The Labute approximate surface area is 104 Å². The second kappa shape index (κ2) is 5.61. The van der Waals surface area contributed by atoms with Crippen molar-refractivity contribution in [2.24, 2.45) is 5.92 Å². The first kappa shape index (κ1) is 12.5. The number of hydrogen-bond donors (Lipinski definition) is 3. The molecule has 0 aliphatic heterocycles. The molecule has 6 nitrogen and oxygen atoms in total. The van der Waals surface area contributed by atoms with E-state index in [2.05, 4.69) is 25.9 Å². The maximum absolute atomic E-state index is 13.3. The van der Waals surface area contributed by atoms with E-state index in [4.69, 9.17) is 0 Å². The molecular weight excluding hydrogens is 237 g/mol. The summed E-state index contributed by atoms with van der Waals surface area (Å²) in [7, 11) is 1.66. The molecule has 0 bridgehead atoms. The van der Waals surface area contributed by atoms with E-state index in [1.54, 1.807) is 7.05 Å². The van der Waals surface area contributed by atoms with Gasteiger partial charge in [0, 0.05) is 26.1 Å². The summed E-state index contributed by atoms with van der Waals surface area (Å²) >= 11 is 0. The maximum Gasteiger partial charge on any atom is 0.224 e. The number of carbonyl (C=O) groups excluding carboxylic acids is 1. The number of hydrogen-bond acceptors (Lipinski definition) is 5.